The van der Waals surface area contributed by atoms with Crippen molar-refractivity contribution in [2.75, 3.05) is 0 Å². The van der Waals surface area contributed by atoms with E-state index in [-0.39, 0.29) is 27.4 Å². The number of hydrogen-bond acceptors (Lipinski definition) is 4. The Hall–Kier alpha value is -7.24. The minimum Gasteiger partial charge on any atom is -0.507 e. The molecule has 0 saturated carbocycles. The van der Waals surface area contributed by atoms with Gasteiger partial charge in [-0.1, -0.05) is 174 Å². The van der Waals surface area contributed by atoms with Crippen LogP contribution in [-0.4, -0.2) is 19.6 Å². The molecule has 0 atom stereocenters. The van der Waals surface area contributed by atoms with Crippen LogP contribution in [0.4, 0.5) is 0 Å². The van der Waals surface area contributed by atoms with Crippen LogP contribution in [0.25, 0.3) is 94.7 Å². The van der Waals surface area contributed by atoms with E-state index in [4.69, 9.17) is 14.4 Å². The van der Waals surface area contributed by atoms with Crippen LogP contribution in [0, 0.1) is 0 Å². The van der Waals surface area contributed by atoms with Gasteiger partial charge >= 0.3 is 0 Å². The summed E-state index contributed by atoms with van der Waals surface area (Å²) in [5.74, 6) is 1.79. The van der Waals surface area contributed by atoms with Crippen molar-refractivity contribution in [1.29, 1.82) is 0 Å². The Morgan fingerprint density at radius 1 is 0.478 bits per heavy atom. The standard InChI is InChI=1S/C64H63N3O2/c1-61(2,3)45-26-28-53(50(36-45)39-19-14-13-15-20-39)67-54-23-18-22-48(58(54)66-60(67)51-37-47(63(7,8)9)38-52(59(51)68)64(10,11)12)43-32-44(34-46(33-43)62(4,5)6)57-49-27-25-42(31-40(49)29-30-65-57)56-35-41-21-16-17-24-55(41)69-56/h13-38,68H,1-12H3. The largest absolute Gasteiger partial charge is 0.507 e. The summed E-state index contributed by atoms with van der Waals surface area (Å²) in [4.78, 5) is 10.8. The molecule has 5 heteroatoms. The van der Waals surface area contributed by atoms with Gasteiger partial charge in [-0.25, -0.2) is 4.98 Å². The molecule has 5 nitrogen and oxygen atoms in total. The van der Waals surface area contributed by atoms with E-state index >= 15 is 0 Å². The highest BCUT2D eigenvalue weighted by Crippen LogP contribution is 2.47. The number of furan rings is 1. The first kappa shape index (κ1) is 45.5. The molecular formula is C64H63N3O2. The third-order valence-corrected chi connectivity index (χ3v) is 13.8. The van der Waals surface area contributed by atoms with Gasteiger partial charge in [-0.3, -0.25) is 9.55 Å². The fourth-order valence-corrected chi connectivity index (χ4v) is 9.65. The lowest BCUT2D eigenvalue weighted by Crippen LogP contribution is -2.17. The summed E-state index contributed by atoms with van der Waals surface area (Å²) in [6.07, 6.45) is 1.91. The van der Waals surface area contributed by atoms with Gasteiger partial charge in [0.05, 0.1) is 28.0 Å². The second-order valence-corrected chi connectivity index (χ2v) is 23.0. The van der Waals surface area contributed by atoms with Gasteiger partial charge in [0.25, 0.3) is 0 Å². The fourth-order valence-electron chi connectivity index (χ4n) is 9.65. The lowest BCUT2D eigenvalue weighted by Gasteiger charge is -2.28. The van der Waals surface area contributed by atoms with Gasteiger partial charge in [0.15, 0.2) is 0 Å². The molecule has 0 aliphatic rings. The van der Waals surface area contributed by atoms with Crippen LogP contribution in [0.1, 0.15) is 105 Å². The van der Waals surface area contributed by atoms with Gasteiger partial charge in [0.2, 0.25) is 0 Å². The average molecular weight is 906 g/mol. The number of nitrogens with zero attached hydrogens (tertiary/aromatic N) is 3. The highest BCUT2D eigenvalue weighted by atomic mass is 16.3. The van der Waals surface area contributed by atoms with E-state index in [0.29, 0.717) is 11.4 Å². The summed E-state index contributed by atoms with van der Waals surface area (Å²) in [5, 5.41) is 15.8. The maximum Gasteiger partial charge on any atom is 0.149 e. The summed E-state index contributed by atoms with van der Waals surface area (Å²) in [5.41, 5.74) is 15.3. The Morgan fingerprint density at radius 2 is 1.16 bits per heavy atom. The highest BCUT2D eigenvalue weighted by Gasteiger charge is 2.30. The predicted molar refractivity (Wildman–Crippen MR) is 290 cm³/mol. The molecule has 10 aromatic rings. The van der Waals surface area contributed by atoms with Gasteiger partial charge in [0, 0.05) is 44.8 Å². The summed E-state index contributed by atoms with van der Waals surface area (Å²) in [6, 6.07) is 54.1. The normalized spacial score (nSPS) is 12.7. The summed E-state index contributed by atoms with van der Waals surface area (Å²) >= 11 is 0. The summed E-state index contributed by atoms with van der Waals surface area (Å²) in [6.45, 7) is 26.8. The van der Waals surface area contributed by atoms with E-state index in [2.05, 4.69) is 221 Å². The van der Waals surface area contributed by atoms with Crippen LogP contribution in [0.3, 0.4) is 0 Å². The molecule has 346 valence electrons. The van der Waals surface area contributed by atoms with Crippen molar-refractivity contribution in [3.8, 4) is 67.7 Å². The Morgan fingerprint density at radius 3 is 1.87 bits per heavy atom. The number of pyridine rings is 1. The second kappa shape index (κ2) is 16.5. The van der Waals surface area contributed by atoms with Gasteiger partial charge in [-0.15, -0.1) is 0 Å². The quantitative estimate of drug-likeness (QED) is 0.181. The van der Waals surface area contributed by atoms with Crippen molar-refractivity contribution < 1.29 is 9.52 Å². The third kappa shape index (κ3) is 8.43. The zero-order valence-electron chi connectivity index (χ0n) is 42.2. The second-order valence-electron chi connectivity index (χ2n) is 23.0. The number of phenols is 1. The number of benzene rings is 7. The molecule has 3 aromatic heterocycles. The first-order chi connectivity index (χ1) is 32.6. The van der Waals surface area contributed by atoms with E-state index in [9.17, 15) is 5.11 Å². The van der Waals surface area contributed by atoms with E-state index in [1.165, 1.54) is 11.1 Å². The van der Waals surface area contributed by atoms with Gasteiger partial charge in [-0.05, 0) is 116 Å². The Balaban J connectivity index is 1.24. The lowest BCUT2D eigenvalue weighted by atomic mass is 9.79. The first-order valence-corrected chi connectivity index (χ1v) is 24.3. The summed E-state index contributed by atoms with van der Waals surface area (Å²) in [7, 11) is 0. The zero-order valence-corrected chi connectivity index (χ0v) is 42.2. The molecule has 0 aliphatic heterocycles. The molecule has 69 heavy (non-hydrogen) atoms. The molecule has 0 bridgehead atoms. The van der Waals surface area contributed by atoms with Crippen molar-refractivity contribution in [2.45, 2.75) is 105 Å². The van der Waals surface area contributed by atoms with Crippen LogP contribution in [0.15, 0.2) is 162 Å². The molecular weight excluding hydrogens is 843 g/mol. The number of aromatic nitrogens is 3. The zero-order chi connectivity index (χ0) is 48.8. The number of aromatic hydroxyl groups is 1. The minimum absolute atomic E-state index is 0.0818. The molecule has 3 heterocycles. The SMILES string of the molecule is CC(C)(C)c1cc(-c2nccc3cc(-c4cc5ccccc5o4)ccc23)cc(-c2cccc3c2nc(-c2cc(C(C)(C)C)cc(C(C)(C)C)c2O)n3-c2ccc(C(C)(C)C)cc2-c2ccccc2)c1. The summed E-state index contributed by atoms with van der Waals surface area (Å²) < 4.78 is 8.59. The van der Waals surface area contributed by atoms with E-state index in [0.717, 1.165) is 94.4 Å². The molecule has 0 saturated heterocycles. The molecule has 0 radical (unpaired) electrons. The lowest BCUT2D eigenvalue weighted by molar-refractivity contribution is 0.446. The van der Waals surface area contributed by atoms with E-state index < -0.39 is 0 Å². The van der Waals surface area contributed by atoms with Gasteiger partial charge < -0.3 is 9.52 Å². The topological polar surface area (TPSA) is 64.1 Å². The van der Waals surface area contributed by atoms with E-state index in [1.807, 2.05) is 24.4 Å². The molecule has 0 amide bonds. The molecule has 0 fully saturated rings. The molecule has 0 spiro atoms. The average Bonchev–Trinajstić information content (AvgIpc) is 3.92. The van der Waals surface area contributed by atoms with Crippen molar-refractivity contribution in [1.82, 2.24) is 14.5 Å². The van der Waals surface area contributed by atoms with Crippen molar-refractivity contribution in [3.63, 3.8) is 0 Å². The van der Waals surface area contributed by atoms with Crippen molar-refractivity contribution in [2.24, 2.45) is 0 Å². The van der Waals surface area contributed by atoms with Crippen LogP contribution in [0.2, 0.25) is 0 Å². The highest BCUT2D eigenvalue weighted by molar-refractivity contribution is 6.01. The van der Waals surface area contributed by atoms with Crippen LogP contribution in [0.5, 0.6) is 5.75 Å². The van der Waals surface area contributed by atoms with Gasteiger partial charge in [0.1, 0.15) is 22.9 Å². The third-order valence-electron chi connectivity index (χ3n) is 13.8. The number of phenolic OH excluding ortho intramolecular Hbond substituents is 1. The van der Waals surface area contributed by atoms with Crippen molar-refractivity contribution >= 4 is 32.8 Å². The Kier molecular flexibility index (Phi) is 10.9. The predicted octanol–water partition coefficient (Wildman–Crippen LogP) is 17.6. The van der Waals surface area contributed by atoms with Crippen LogP contribution in [-0.2, 0) is 21.7 Å². The van der Waals surface area contributed by atoms with E-state index in [1.54, 1.807) is 0 Å². The Bertz CT molecular complexity index is 3560. The number of hydrogen-bond donors (Lipinski definition) is 1. The molecule has 0 aliphatic carbocycles. The number of imidazole rings is 1. The Labute approximate surface area is 407 Å². The van der Waals surface area contributed by atoms with Crippen molar-refractivity contribution in [3.05, 3.63) is 180 Å². The molecule has 10 rings (SSSR count). The fraction of sp³-hybridized carbons (Fsp3) is 0.250. The minimum atomic E-state index is -0.333. The number of fused-ring (bicyclic) bond motifs is 3. The molecule has 1 N–H and O–H groups in total. The molecule has 7 aromatic carbocycles. The first-order valence-electron chi connectivity index (χ1n) is 24.3. The van der Waals surface area contributed by atoms with Gasteiger partial charge in [-0.2, -0.15) is 0 Å². The van der Waals surface area contributed by atoms with Crippen LogP contribution >= 0.6 is 0 Å². The number of rotatable bonds is 6. The maximum absolute atomic E-state index is 12.6. The number of para-hydroxylation sites is 2. The smallest absolute Gasteiger partial charge is 0.149 e. The maximum atomic E-state index is 12.6. The monoisotopic (exact) mass is 905 g/mol. The van der Waals surface area contributed by atoms with Crippen LogP contribution < -0.4 is 0 Å². The molecule has 0 unspecified atom stereocenters.